The molecule has 1 heterocycles. The summed E-state index contributed by atoms with van der Waals surface area (Å²) in [6.45, 7) is 4.08. The van der Waals surface area contributed by atoms with E-state index < -0.39 is 6.04 Å². The fraction of sp³-hybridized carbons (Fsp3) is 0.545. The Labute approximate surface area is 95.0 Å². The zero-order valence-corrected chi connectivity index (χ0v) is 9.64. The Morgan fingerprint density at radius 2 is 2.06 bits per heavy atom. The van der Waals surface area contributed by atoms with Crippen LogP contribution in [0.1, 0.15) is 25.2 Å². The highest BCUT2D eigenvalue weighted by Gasteiger charge is 2.15. The lowest BCUT2D eigenvalue weighted by molar-refractivity contribution is -0.144. The van der Waals surface area contributed by atoms with Crippen LogP contribution in [0.3, 0.4) is 0 Å². The predicted molar refractivity (Wildman–Crippen MR) is 59.7 cm³/mol. The number of carbonyl (C=O) groups is 1. The highest BCUT2D eigenvalue weighted by Crippen LogP contribution is 2.01. The van der Waals surface area contributed by atoms with Crippen LogP contribution in [-0.2, 0) is 22.4 Å². The quantitative estimate of drug-likeness (QED) is 0.734. The normalized spacial score (nSPS) is 12.2. The molecule has 0 amide bonds. The molecule has 5 heteroatoms. The largest absolute Gasteiger partial charge is 0.465 e. The van der Waals surface area contributed by atoms with E-state index in [0.717, 1.165) is 17.8 Å². The molecule has 0 spiro atoms. The van der Waals surface area contributed by atoms with E-state index in [1.54, 1.807) is 19.3 Å². The van der Waals surface area contributed by atoms with Gasteiger partial charge in [-0.2, -0.15) is 0 Å². The lowest BCUT2D eigenvalue weighted by Gasteiger charge is -2.09. The van der Waals surface area contributed by atoms with E-state index in [4.69, 9.17) is 10.5 Å². The maximum Gasteiger partial charge on any atom is 0.323 e. The molecule has 1 aromatic heterocycles. The third-order valence-electron chi connectivity index (χ3n) is 2.12. The Bertz CT molecular complexity index is 338. The van der Waals surface area contributed by atoms with Gasteiger partial charge in [0.05, 0.1) is 6.61 Å². The highest BCUT2D eigenvalue weighted by molar-refractivity contribution is 5.75. The van der Waals surface area contributed by atoms with Crippen LogP contribution in [-0.4, -0.2) is 28.6 Å². The molecule has 0 aliphatic carbocycles. The smallest absolute Gasteiger partial charge is 0.323 e. The van der Waals surface area contributed by atoms with Gasteiger partial charge in [-0.3, -0.25) is 4.79 Å². The number of carbonyl (C=O) groups excluding carboxylic acids is 1. The Kier molecular flexibility index (Phi) is 4.85. The van der Waals surface area contributed by atoms with Crippen molar-refractivity contribution in [3.05, 3.63) is 23.8 Å². The van der Waals surface area contributed by atoms with Crippen LogP contribution in [0.5, 0.6) is 0 Å². The molecule has 1 aromatic rings. The van der Waals surface area contributed by atoms with Crippen LogP contribution in [0.15, 0.2) is 12.4 Å². The number of aromatic nitrogens is 2. The van der Waals surface area contributed by atoms with Crippen LogP contribution >= 0.6 is 0 Å². The monoisotopic (exact) mass is 223 g/mol. The van der Waals surface area contributed by atoms with Gasteiger partial charge in [-0.05, 0) is 12.5 Å². The van der Waals surface area contributed by atoms with Crippen molar-refractivity contribution in [2.75, 3.05) is 6.61 Å². The molecule has 2 N–H and O–H groups in total. The Morgan fingerprint density at radius 1 is 1.44 bits per heavy atom. The summed E-state index contributed by atoms with van der Waals surface area (Å²) in [5.41, 5.74) is 6.52. The van der Waals surface area contributed by atoms with E-state index in [0.29, 0.717) is 13.0 Å². The molecular weight excluding hydrogens is 206 g/mol. The molecule has 0 aliphatic rings. The number of nitrogens with two attached hydrogens (primary N) is 1. The Morgan fingerprint density at radius 3 is 2.56 bits per heavy atom. The van der Waals surface area contributed by atoms with Crippen molar-refractivity contribution in [2.24, 2.45) is 5.73 Å². The van der Waals surface area contributed by atoms with Crippen LogP contribution in [0, 0.1) is 0 Å². The number of esters is 1. The minimum Gasteiger partial charge on any atom is -0.465 e. The molecule has 5 nitrogen and oxygen atoms in total. The summed E-state index contributed by atoms with van der Waals surface area (Å²) in [7, 11) is 0. The Balaban J connectivity index is 2.55. The third-order valence-corrected chi connectivity index (χ3v) is 2.12. The average Bonchev–Trinajstić information content (AvgIpc) is 2.30. The standard InChI is InChI=1S/C11H17N3O2/c1-3-10-13-6-8(7-14-10)5-9(12)11(15)16-4-2/h6-7,9H,3-5,12H2,1-2H3. The first-order valence-electron chi connectivity index (χ1n) is 5.39. The van der Waals surface area contributed by atoms with Gasteiger partial charge in [0.1, 0.15) is 11.9 Å². The summed E-state index contributed by atoms with van der Waals surface area (Å²) in [5, 5.41) is 0. The van der Waals surface area contributed by atoms with Crippen LogP contribution in [0.4, 0.5) is 0 Å². The van der Waals surface area contributed by atoms with Gasteiger partial charge in [-0.1, -0.05) is 6.92 Å². The fourth-order valence-corrected chi connectivity index (χ4v) is 1.26. The molecule has 0 aliphatic heterocycles. The molecule has 0 radical (unpaired) electrons. The van der Waals surface area contributed by atoms with Crippen LogP contribution < -0.4 is 5.73 Å². The SMILES string of the molecule is CCOC(=O)C(N)Cc1cnc(CC)nc1. The van der Waals surface area contributed by atoms with Gasteiger partial charge in [0, 0.05) is 25.2 Å². The minimum absolute atomic E-state index is 0.345. The van der Waals surface area contributed by atoms with Crippen LogP contribution in [0.25, 0.3) is 0 Å². The molecule has 0 saturated heterocycles. The first-order valence-corrected chi connectivity index (χ1v) is 5.39. The zero-order valence-electron chi connectivity index (χ0n) is 9.64. The second-order valence-electron chi connectivity index (χ2n) is 3.42. The zero-order chi connectivity index (χ0) is 12.0. The van der Waals surface area contributed by atoms with Gasteiger partial charge in [0.2, 0.25) is 0 Å². The number of nitrogens with zero attached hydrogens (tertiary/aromatic N) is 2. The van der Waals surface area contributed by atoms with Crippen molar-refractivity contribution in [1.82, 2.24) is 9.97 Å². The van der Waals surface area contributed by atoms with Crippen molar-refractivity contribution in [3.63, 3.8) is 0 Å². The lowest BCUT2D eigenvalue weighted by Crippen LogP contribution is -2.34. The fourth-order valence-electron chi connectivity index (χ4n) is 1.26. The third kappa shape index (κ3) is 3.58. The second kappa shape index (κ2) is 6.17. The summed E-state index contributed by atoms with van der Waals surface area (Å²) >= 11 is 0. The predicted octanol–water partition coefficient (Wildman–Crippen LogP) is 0.472. The van der Waals surface area contributed by atoms with E-state index in [1.807, 2.05) is 6.92 Å². The maximum absolute atomic E-state index is 11.3. The van der Waals surface area contributed by atoms with Crippen LogP contribution in [0.2, 0.25) is 0 Å². The number of rotatable bonds is 5. The molecule has 1 unspecified atom stereocenters. The molecule has 0 saturated carbocycles. The summed E-state index contributed by atoms with van der Waals surface area (Å²) in [4.78, 5) is 19.6. The molecule has 1 rings (SSSR count). The second-order valence-corrected chi connectivity index (χ2v) is 3.42. The van der Waals surface area contributed by atoms with E-state index in [1.165, 1.54) is 0 Å². The molecule has 1 atom stereocenters. The summed E-state index contributed by atoms with van der Waals surface area (Å²) < 4.78 is 4.82. The van der Waals surface area contributed by atoms with Gasteiger partial charge in [-0.25, -0.2) is 9.97 Å². The van der Waals surface area contributed by atoms with Crippen molar-refractivity contribution >= 4 is 5.97 Å². The molecule has 0 aromatic carbocycles. The van der Waals surface area contributed by atoms with Gasteiger partial charge in [0.25, 0.3) is 0 Å². The lowest BCUT2D eigenvalue weighted by atomic mass is 10.1. The van der Waals surface area contributed by atoms with Gasteiger partial charge in [-0.15, -0.1) is 0 Å². The van der Waals surface area contributed by atoms with Crippen molar-refractivity contribution in [2.45, 2.75) is 32.7 Å². The van der Waals surface area contributed by atoms with E-state index >= 15 is 0 Å². The summed E-state index contributed by atoms with van der Waals surface area (Å²) in [5.74, 6) is 0.399. The van der Waals surface area contributed by atoms with E-state index in [-0.39, 0.29) is 5.97 Å². The molecule has 0 bridgehead atoms. The molecule has 16 heavy (non-hydrogen) atoms. The minimum atomic E-state index is -0.643. The van der Waals surface area contributed by atoms with E-state index in [2.05, 4.69) is 9.97 Å². The molecule has 88 valence electrons. The number of aryl methyl sites for hydroxylation is 1. The van der Waals surface area contributed by atoms with Gasteiger partial charge < -0.3 is 10.5 Å². The van der Waals surface area contributed by atoms with Gasteiger partial charge >= 0.3 is 5.97 Å². The number of hydrogen-bond acceptors (Lipinski definition) is 5. The van der Waals surface area contributed by atoms with Crippen molar-refractivity contribution in [3.8, 4) is 0 Å². The first kappa shape index (κ1) is 12.6. The summed E-state index contributed by atoms with van der Waals surface area (Å²) in [6.07, 6.45) is 4.60. The van der Waals surface area contributed by atoms with E-state index in [9.17, 15) is 4.79 Å². The topological polar surface area (TPSA) is 78.1 Å². The number of ether oxygens (including phenoxy) is 1. The maximum atomic E-state index is 11.3. The molecular formula is C11H17N3O2. The summed E-state index contributed by atoms with van der Waals surface area (Å²) in [6, 6.07) is -0.643. The van der Waals surface area contributed by atoms with Crippen molar-refractivity contribution < 1.29 is 9.53 Å². The first-order chi connectivity index (χ1) is 7.67. The van der Waals surface area contributed by atoms with Gasteiger partial charge in [0.15, 0.2) is 0 Å². The highest BCUT2D eigenvalue weighted by atomic mass is 16.5. The number of hydrogen-bond donors (Lipinski definition) is 1. The Hall–Kier alpha value is -1.49. The van der Waals surface area contributed by atoms with Crippen molar-refractivity contribution in [1.29, 1.82) is 0 Å². The average molecular weight is 223 g/mol. The molecule has 0 fully saturated rings.